The van der Waals surface area contributed by atoms with E-state index in [1.807, 2.05) is 4.90 Å². The number of amides is 2. The van der Waals surface area contributed by atoms with Gasteiger partial charge < -0.3 is 16.0 Å². The first-order valence-electron chi connectivity index (χ1n) is 6.37. The molecular formula is C12H21N3O2. The van der Waals surface area contributed by atoms with E-state index in [1.54, 1.807) is 0 Å². The molecule has 0 aromatic rings. The number of hydrogen-bond donors (Lipinski definition) is 2. The van der Waals surface area contributed by atoms with E-state index in [0.29, 0.717) is 13.1 Å². The summed E-state index contributed by atoms with van der Waals surface area (Å²) < 4.78 is 0. The molecule has 0 aromatic heterocycles. The molecule has 0 spiro atoms. The second kappa shape index (κ2) is 4.64. The van der Waals surface area contributed by atoms with E-state index in [4.69, 9.17) is 5.73 Å². The van der Waals surface area contributed by atoms with E-state index in [0.717, 1.165) is 32.1 Å². The molecule has 1 saturated carbocycles. The van der Waals surface area contributed by atoms with Crippen LogP contribution in [0.15, 0.2) is 0 Å². The average molecular weight is 239 g/mol. The van der Waals surface area contributed by atoms with E-state index in [9.17, 15) is 9.59 Å². The molecule has 0 radical (unpaired) electrons. The monoisotopic (exact) mass is 239 g/mol. The number of nitrogens with zero attached hydrogens (tertiary/aromatic N) is 1. The highest BCUT2D eigenvalue weighted by Crippen LogP contribution is 2.31. The third-order valence-electron chi connectivity index (χ3n) is 3.86. The number of likely N-dealkylation sites (tertiary alicyclic amines) is 1. The van der Waals surface area contributed by atoms with Crippen LogP contribution in [0.4, 0.5) is 0 Å². The fourth-order valence-corrected chi connectivity index (χ4v) is 2.60. The van der Waals surface area contributed by atoms with Gasteiger partial charge in [-0.3, -0.25) is 9.59 Å². The number of nitrogens with two attached hydrogens (primary N) is 1. The molecule has 96 valence electrons. The molecule has 1 aliphatic carbocycles. The highest BCUT2D eigenvalue weighted by molar-refractivity contribution is 5.87. The van der Waals surface area contributed by atoms with Crippen LogP contribution in [-0.4, -0.2) is 41.4 Å². The zero-order chi connectivity index (χ0) is 12.5. The maximum atomic E-state index is 12.1. The molecule has 0 unspecified atom stereocenters. The molecule has 2 aliphatic rings. The topological polar surface area (TPSA) is 75.4 Å². The molecule has 0 aromatic carbocycles. The van der Waals surface area contributed by atoms with E-state index in [-0.39, 0.29) is 17.9 Å². The fraction of sp³-hybridized carbons (Fsp3) is 0.833. The molecule has 2 rings (SSSR count). The Labute approximate surface area is 102 Å². The number of hydrogen-bond acceptors (Lipinski definition) is 3. The number of nitrogens with one attached hydrogen (secondary N) is 1. The van der Waals surface area contributed by atoms with Gasteiger partial charge in [0.1, 0.15) is 0 Å². The molecule has 2 fully saturated rings. The standard InChI is InChI=1S/C12H21N3O2/c1-9(16)14-10-3-7-15(8-4-10)11(17)12(13)5-2-6-12/h10H,2-8,13H2,1H3,(H,14,16). The molecule has 1 heterocycles. The molecule has 5 nitrogen and oxygen atoms in total. The van der Waals surface area contributed by atoms with E-state index >= 15 is 0 Å². The Morgan fingerprint density at radius 1 is 1.29 bits per heavy atom. The lowest BCUT2D eigenvalue weighted by atomic mass is 9.76. The summed E-state index contributed by atoms with van der Waals surface area (Å²) >= 11 is 0. The molecule has 5 heteroatoms. The lowest BCUT2D eigenvalue weighted by Crippen LogP contribution is -2.61. The first-order chi connectivity index (χ1) is 8.01. The van der Waals surface area contributed by atoms with E-state index < -0.39 is 5.54 Å². The minimum Gasteiger partial charge on any atom is -0.353 e. The summed E-state index contributed by atoms with van der Waals surface area (Å²) in [4.78, 5) is 24.9. The van der Waals surface area contributed by atoms with Crippen LogP contribution in [0, 0.1) is 0 Å². The van der Waals surface area contributed by atoms with Crippen molar-refractivity contribution >= 4 is 11.8 Å². The Bertz CT molecular complexity index is 318. The van der Waals surface area contributed by atoms with Gasteiger partial charge in [-0.25, -0.2) is 0 Å². The SMILES string of the molecule is CC(=O)NC1CCN(C(=O)C2(N)CCC2)CC1. The number of carbonyl (C=O) groups excluding carboxylic acids is 2. The van der Waals surface area contributed by atoms with Crippen molar-refractivity contribution in [1.29, 1.82) is 0 Å². The van der Waals surface area contributed by atoms with Crippen LogP contribution >= 0.6 is 0 Å². The van der Waals surface area contributed by atoms with Crippen molar-refractivity contribution in [2.24, 2.45) is 5.73 Å². The molecule has 17 heavy (non-hydrogen) atoms. The van der Waals surface area contributed by atoms with Crippen molar-refractivity contribution in [2.45, 2.75) is 50.6 Å². The number of carbonyl (C=O) groups is 2. The number of piperidine rings is 1. The van der Waals surface area contributed by atoms with Gasteiger partial charge in [0.15, 0.2) is 0 Å². The third kappa shape index (κ3) is 2.60. The molecular weight excluding hydrogens is 218 g/mol. The molecule has 2 amide bonds. The van der Waals surface area contributed by atoms with Gasteiger partial charge in [0.2, 0.25) is 11.8 Å². The number of rotatable bonds is 2. The van der Waals surface area contributed by atoms with Crippen LogP contribution in [0.1, 0.15) is 39.0 Å². The fourth-order valence-electron chi connectivity index (χ4n) is 2.60. The van der Waals surface area contributed by atoms with Gasteiger partial charge in [-0.05, 0) is 32.1 Å². The molecule has 1 saturated heterocycles. The highest BCUT2D eigenvalue weighted by atomic mass is 16.2. The Kier molecular flexibility index (Phi) is 3.38. The van der Waals surface area contributed by atoms with Crippen LogP contribution in [-0.2, 0) is 9.59 Å². The smallest absolute Gasteiger partial charge is 0.242 e. The quantitative estimate of drug-likeness (QED) is 0.712. The summed E-state index contributed by atoms with van der Waals surface area (Å²) in [5, 5.41) is 2.90. The van der Waals surface area contributed by atoms with Crippen molar-refractivity contribution in [2.75, 3.05) is 13.1 Å². The van der Waals surface area contributed by atoms with Crippen LogP contribution in [0.3, 0.4) is 0 Å². The van der Waals surface area contributed by atoms with E-state index in [2.05, 4.69) is 5.32 Å². The largest absolute Gasteiger partial charge is 0.353 e. The maximum Gasteiger partial charge on any atom is 0.242 e. The Morgan fingerprint density at radius 3 is 2.29 bits per heavy atom. The summed E-state index contributed by atoms with van der Waals surface area (Å²) in [7, 11) is 0. The first kappa shape index (κ1) is 12.4. The molecule has 0 bridgehead atoms. The second-order valence-electron chi connectivity index (χ2n) is 5.28. The van der Waals surface area contributed by atoms with Crippen LogP contribution in [0.2, 0.25) is 0 Å². The summed E-state index contributed by atoms with van der Waals surface area (Å²) in [6.07, 6.45) is 4.36. The summed E-state index contributed by atoms with van der Waals surface area (Å²) in [5.74, 6) is 0.106. The van der Waals surface area contributed by atoms with Crippen molar-refractivity contribution in [3.8, 4) is 0 Å². The van der Waals surface area contributed by atoms with Gasteiger partial charge in [-0.1, -0.05) is 0 Å². The van der Waals surface area contributed by atoms with Gasteiger partial charge in [0, 0.05) is 26.1 Å². The minimum atomic E-state index is -0.582. The van der Waals surface area contributed by atoms with Crippen LogP contribution in [0.25, 0.3) is 0 Å². The predicted octanol–water partition coefficient (Wildman–Crippen LogP) is -0.00510. The van der Waals surface area contributed by atoms with E-state index in [1.165, 1.54) is 6.92 Å². The summed E-state index contributed by atoms with van der Waals surface area (Å²) in [6, 6.07) is 0.215. The average Bonchev–Trinajstić information content (AvgIpc) is 2.25. The Balaban J connectivity index is 1.82. The first-order valence-corrected chi connectivity index (χ1v) is 6.37. The summed E-state index contributed by atoms with van der Waals surface area (Å²) in [6.45, 7) is 2.95. The molecule has 3 N–H and O–H groups in total. The minimum absolute atomic E-state index is 0.00376. The maximum absolute atomic E-state index is 12.1. The van der Waals surface area contributed by atoms with Crippen molar-refractivity contribution < 1.29 is 9.59 Å². The third-order valence-corrected chi connectivity index (χ3v) is 3.86. The van der Waals surface area contributed by atoms with Crippen LogP contribution in [0.5, 0.6) is 0 Å². The Morgan fingerprint density at radius 2 is 1.88 bits per heavy atom. The zero-order valence-corrected chi connectivity index (χ0v) is 10.4. The van der Waals surface area contributed by atoms with Gasteiger partial charge in [0.05, 0.1) is 5.54 Å². The molecule has 0 atom stereocenters. The lowest BCUT2D eigenvalue weighted by Gasteiger charge is -2.42. The van der Waals surface area contributed by atoms with Gasteiger partial charge in [-0.2, -0.15) is 0 Å². The zero-order valence-electron chi connectivity index (χ0n) is 10.4. The van der Waals surface area contributed by atoms with Crippen molar-refractivity contribution in [3.63, 3.8) is 0 Å². The predicted molar refractivity (Wildman–Crippen MR) is 64.2 cm³/mol. The van der Waals surface area contributed by atoms with Gasteiger partial charge in [-0.15, -0.1) is 0 Å². The normalized spacial score (nSPS) is 24.0. The van der Waals surface area contributed by atoms with Crippen molar-refractivity contribution in [3.05, 3.63) is 0 Å². The highest BCUT2D eigenvalue weighted by Gasteiger charge is 2.43. The van der Waals surface area contributed by atoms with Crippen LogP contribution < -0.4 is 11.1 Å². The molecule has 1 aliphatic heterocycles. The summed E-state index contributed by atoms with van der Waals surface area (Å²) in [5.41, 5.74) is 5.45. The lowest BCUT2D eigenvalue weighted by molar-refractivity contribution is -0.141. The van der Waals surface area contributed by atoms with Crippen molar-refractivity contribution in [1.82, 2.24) is 10.2 Å². The van der Waals surface area contributed by atoms with Gasteiger partial charge >= 0.3 is 0 Å². The second-order valence-corrected chi connectivity index (χ2v) is 5.28. The Hall–Kier alpha value is -1.10. The van der Waals surface area contributed by atoms with Gasteiger partial charge in [0.25, 0.3) is 0 Å².